The average molecular weight is 282 g/mol. The van der Waals surface area contributed by atoms with Gasteiger partial charge < -0.3 is 10.2 Å². The number of hydrogen-bond acceptors (Lipinski definition) is 4. The van der Waals surface area contributed by atoms with Gasteiger partial charge >= 0.3 is 0 Å². The van der Waals surface area contributed by atoms with Gasteiger partial charge in [-0.05, 0) is 26.8 Å². The Morgan fingerprint density at radius 1 is 1.05 bits per heavy atom. The standard InChI is InChI=1S/C17H22N4/c1-12-5-4-6-15(11-12)16-19-14(3)13(2)17(20-16)21-9-7-18-8-10-21/h4-6,11,18H,7-10H2,1-3H3. The van der Waals surface area contributed by atoms with Gasteiger partial charge in [-0.15, -0.1) is 0 Å². The molecule has 1 aromatic carbocycles. The quantitative estimate of drug-likeness (QED) is 0.919. The molecule has 0 unspecified atom stereocenters. The van der Waals surface area contributed by atoms with Crippen molar-refractivity contribution in [3.63, 3.8) is 0 Å². The van der Waals surface area contributed by atoms with Crippen LogP contribution in [-0.2, 0) is 0 Å². The molecule has 4 nitrogen and oxygen atoms in total. The van der Waals surface area contributed by atoms with Gasteiger partial charge in [0.05, 0.1) is 0 Å². The second-order valence-electron chi connectivity index (χ2n) is 5.69. The molecule has 1 saturated heterocycles. The van der Waals surface area contributed by atoms with Crippen LogP contribution in [0, 0.1) is 20.8 Å². The third kappa shape index (κ3) is 2.90. The first-order valence-corrected chi connectivity index (χ1v) is 7.53. The van der Waals surface area contributed by atoms with Gasteiger partial charge in [0.2, 0.25) is 0 Å². The maximum atomic E-state index is 4.86. The molecule has 1 aliphatic rings. The van der Waals surface area contributed by atoms with Crippen molar-refractivity contribution in [2.45, 2.75) is 20.8 Å². The molecular weight excluding hydrogens is 260 g/mol. The van der Waals surface area contributed by atoms with Gasteiger partial charge in [-0.25, -0.2) is 9.97 Å². The molecule has 2 heterocycles. The monoisotopic (exact) mass is 282 g/mol. The van der Waals surface area contributed by atoms with Gasteiger partial charge in [0.15, 0.2) is 5.82 Å². The molecule has 2 aromatic rings. The Kier molecular flexibility index (Phi) is 3.88. The smallest absolute Gasteiger partial charge is 0.161 e. The van der Waals surface area contributed by atoms with Crippen molar-refractivity contribution in [3.8, 4) is 11.4 Å². The number of benzene rings is 1. The summed E-state index contributed by atoms with van der Waals surface area (Å²) in [5.41, 5.74) is 4.58. The van der Waals surface area contributed by atoms with E-state index in [9.17, 15) is 0 Å². The van der Waals surface area contributed by atoms with Crippen molar-refractivity contribution >= 4 is 5.82 Å². The molecule has 1 N–H and O–H groups in total. The van der Waals surface area contributed by atoms with Crippen LogP contribution in [0.1, 0.15) is 16.8 Å². The Morgan fingerprint density at radius 3 is 2.52 bits per heavy atom. The molecule has 110 valence electrons. The number of nitrogens with zero attached hydrogens (tertiary/aromatic N) is 3. The molecule has 1 fully saturated rings. The van der Waals surface area contributed by atoms with Gasteiger partial charge in [-0.1, -0.05) is 23.8 Å². The Bertz CT molecular complexity index is 645. The number of aryl methyl sites for hydroxylation is 2. The molecular formula is C17H22N4. The lowest BCUT2D eigenvalue weighted by molar-refractivity contribution is 0.583. The van der Waals surface area contributed by atoms with E-state index in [2.05, 4.69) is 60.2 Å². The SMILES string of the molecule is Cc1cccc(-c2nc(C)c(C)c(N3CCNCC3)n2)c1. The summed E-state index contributed by atoms with van der Waals surface area (Å²) in [6.45, 7) is 10.3. The van der Waals surface area contributed by atoms with E-state index in [0.29, 0.717) is 0 Å². The number of piperazine rings is 1. The van der Waals surface area contributed by atoms with Gasteiger partial charge in [-0.3, -0.25) is 0 Å². The minimum atomic E-state index is 0.829. The summed E-state index contributed by atoms with van der Waals surface area (Å²) < 4.78 is 0. The molecule has 0 aliphatic carbocycles. The van der Waals surface area contributed by atoms with E-state index in [4.69, 9.17) is 4.98 Å². The first-order chi connectivity index (χ1) is 10.1. The highest BCUT2D eigenvalue weighted by Gasteiger charge is 2.17. The van der Waals surface area contributed by atoms with E-state index in [0.717, 1.165) is 49.1 Å². The number of anilines is 1. The summed E-state index contributed by atoms with van der Waals surface area (Å²) in [7, 11) is 0. The molecule has 0 radical (unpaired) electrons. The summed E-state index contributed by atoms with van der Waals surface area (Å²) in [5.74, 6) is 1.91. The lowest BCUT2D eigenvalue weighted by Gasteiger charge is -2.30. The molecule has 1 aromatic heterocycles. The Hall–Kier alpha value is -1.94. The van der Waals surface area contributed by atoms with Crippen LogP contribution in [0.15, 0.2) is 24.3 Å². The van der Waals surface area contributed by atoms with Crippen molar-refractivity contribution in [2.24, 2.45) is 0 Å². The maximum absolute atomic E-state index is 4.86. The zero-order valence-corrected chi connectivity index (χ0v) is 13.0. The van der Waals surface area contributed by atoms with Gasteiger partial charge in [0.25, 0.3) is 0 Å². The van der Waals surface area contributed by atoms with Crippen LogP contribution < -0.4 is 10.2 Å². The lowest BCUT2D eigenvalue weighted by Crippen LogP contribution is -2.44. The molecule has 0 spiro atoms. The molecule has 21 heavy (non-hydrogen) atoms. The van der Waals surface area contributed by atoms with Crippen LogP contribution in [0.2, 0.25) is 0 Å². The Balaban J connectivity index is 2.04. The largest absolute Gasteiger partial charge is 0.354 e. The molecule has 1 aliphatic heterocycles. The van der Waals surface area contributed by atoms with Crippen LogP contribution in [0.5, 0.6) is 0 Å². The van der Waals surface area contributed by atoms with Gasteiger partial charge in [0, 0.05) is 43.0 Å². The fourth-order valence-electron chi connectivity index (χ4n) is 2.71. The van der Waals surface area contributed by atoms with Crippen molar-refractivity contribution in [2.75, 3.05) is 31.1 Å². The molecule has 0 atom stereocenters. The third-order valence-electron chi connectivity index (χ3n) is 4.06. The Labute approximate surface area is 126 Å². The number of rotatable bonds is 2. The molecule has 4 heteroatoms. The van der Waals surface area contributed by atoms with Crippen LogP contribution >= 0.6 is 0 Å². The highest BCUT2D eigenvalue weighted by molar-refractivity contribution is 5.61. The van der Waals surface area contributed by atoms with Crippen LogP contribution in [0.4, 0.5) is 5.82 Å². The van der Waals surface area contributed by atoms with E-state index < -0.39 is 0 Å². The van der Waals surface area contributed by atoms with Crippen molar-refractivity contribution in [3.05, 3.63) is 41.1 Å². The highest BCUT2D eigenvalue weighted by Crippen LogP contribution is 2.25. The molecule has 0 saturated carbocycles. The van der Waals surface area contributed by atoms with E-state index in [1.165, 1.54) is 11.1 Å². The van der Waals surface area contributed by atoms with E-state index in [1.807, 2.05) is 0 Å². The summed E-state index contributed by atoms with van der Waals surface area (Å²) in [5, 5.41) is 3.39. The first kappa shape index (κ1) is 14.0. The van der Waals surface area contributed by atoms with E-state index in [1.54, 1.807) is 0 Å². The van der Waals surface area contributed by atoms with E-state index >= 15 is 0 Å². The molecule has 0 amide bonds. The predicted octanol–water partition coefficient (Wildman–Crippen LogP) is 2.48. The summed E-state index contributed by atoms with van der Waals surface area (Å²) in [6.07, 6.45) is 0. The fraction of sp³-hybridized carbons (Fsp3) is 0.412. The fourth-order valence-corrected chi connectivity index (χ4v) is 2.71. The minimum Gasteiger partial charge on any atom is -0.354 e. The zero-order valence-electron chi connectivity index (χ0n) is 13.0. The topological polar surface area (TPSA) is 41.1 Å². The Morgan fingerprint density at radius 2 is 1.81 bits per heavy atom. The number of aromatic nitrogens is 2. The number of nitrogens with one attached hydrogen (secondary N) is 1. The summed E-state index contributed by atoms with van der Waals surface area (Å²) >= 11 is 0. The third-order valence-corrected chi connectivity index (χ3v) is 4.06. The first-order valence-electron chi connectivity index (χ1n) is 7.53. The minimum absolute atomic E-state index is 0.829. The van der Waals surface area contributed by atoms with Crippen LogP contribution in [0.25, 0.3) is 11.4 Å². The van der Waals surface area contributed by atoms with Crippen LogP contribution in [-0.4, -0.2) is 36.1 Å². The molecule has 0 bridgehead atoms. The predicted molar refractivity (Wildman–Crippen MR) is 86.8 cm³/mol. The zero-order chi connectivity index (χ0) is 14.8. The molecule has 3 rings (SSSR count). The normalized spacial score (nSPS) is 15.3. The lowest BCUT2D eigenvalue weighted by atomic mass is 10.1. The van der Waals surface area contributed by atoms with Gasteiger partial charge in [-0.2, -0.15) is 0 Å². The van der Waals surface area contributed by atoms with Crippen molar-refractivity contribution < 1.29 is 0 Å². The summed E-state index contributed by atoms with van der Waals surface area (Å²) in [6, 6.07) is 8.39. The van der Waals surface area contributed by atoms with E-state index in [-0.39, 0.29) is 0 Å². The van der Waals surface area contributed by atoms with Crippen molar-refractivity contribution in [1.29, 1.82) is 0 Å². The summed E-state index contributed by atoms with van der Waals surface area (Å²) in [4.78, 5) is 11.9. The average Bonchev–Trinajstić information content (AvgIpc) is 2.51. The number of hydrogen-bond donors (Lipinski definition) is 1. The van der Waals surface area contributed by atoms with Crippen molar-refractivity contribution in [1.82, 2.24) is 15.3 Å². The second-order valence-corrected chi connectivity index (χ2v) is 5.69. The maximum Gasteiger partial charge on any atom is 0.161 e. The van der Waals surface area contributed by atoms with Crippen LogP contribution in [0.3, 0.4) is 0 Å². The van der Waals surface area contributed by atoms with Gasteiger partial charge in [0.1, 0.15) is 5.82 Å². The highest BCUT2D eigenvalue weighted by atomic mass is 15.2. The second kappa shape index (κ2) is 5.82.